The lowest BCUT2D eigenvalue weighted by Crippen LogP contribution is -2.22. The molecule has 4 rings (SSSR count). The van der Waals surface area contributed by atoms with Crippen LogP contribution in [0.15, 0.2) is 54.6 Å². The third-order valence-corrected chi connectivity index (χ3v) is 8.36. The van der Waals surface area contributed by atoms with Gasteiger partial charge in [-0.3, -0.25) is 0 Å². The average molecular weight is 507 g/mol. The van der Waals surface area contributed by atoms with Gasteiger partial charge in [-0.15, -0.1) is 0 Å². The normalized spacial score (nSPS) is 22.3. The second kappa shape index (κ2) is 13.9. The number of hydrogen-bond donors (Lipinski definition) is 0. The quantitative estimate of drug-likeness (QED) is 0.276. The predicted octanol–water partition coefficient (Wildman–Crippen LogP) is 9.88. The average Bonchev–Trinajstić information content (AvgIpc) is 2.93. The second-order valence-electron chi connectivity index (χ2n) is 11.1. The molecule has 2 aromatic carbocycles. The molecule has 0 radical (unpaired) electrons. The molecule has 37 heavy (non-hydrogen) atoms. The number of benzene rings is 2. The van der Waals surface area contributed by atoms with E-state index in [1.54, 1.807) is 12.1 Å². The van der Waals surface area contributed by atoms with Crippen LogP contribution in [-0.2, 0) is 12.8 Å². The lowest BCUT2D eigenvalue weighted by molar-refractivity contribution is 0.212. The van der Waals surface area contributed by atoms with Crippen molar-refractivity contribution in [3.05, 3.63) is 83.0 Å². The largest absolute Gasteiger partial charge is 0.490 e. The Morgan fingerprint density at radius 1 is 0.811 bits per heavy atom. The maximum Gasteiger partial charge on any atom is 0.201 e. The first-order chi connectivity index (χ1) is 18.1. The van der Waals surface area contributed by atoms with Gasteiger partial charge in [-0.2, -0.15) is 4.39 Å². The van der Waals surface area contributed by atoms with Crippen molar-refractivity contribution in [2.24, 2.45) is 17.8 Å². The molecule has 2 aromatic rings. The van der Waals surface area contributed by atoms with Gasteiger partial charge >= 0.3 is 0 Å². The standard InChI is InChI=1S/C34H44F2O/c1-3-7-25-10-12-26(13-11-25)8-5-6-9-27-14-16-28(17-15-27)29-18-20-30(21-19-29)31-22-23-32(37-24-4-2)34(36)33(31)35/h6,9-13,20,22-23,27-29H,3-5,7-8,14-19,21,24H2,1-2H3. The third kappa shape index (κ3) is 7.55. The molecule has 0 saturated heterocycles. The smallest absolute Gasteiger partial charge is 0.201 e. The number of hydrogen-bond acceptors (Lipinski definition) is 1. The van der Waals surface area contributed by atoms with E-state index in [0.29, 0.717) is 24.0 Å². The molecule has 200 valence electrons. The van der Waals surface area contributed by atoms with Crippen molar-refractivity contribution in [2.75, 3.05) is 6.61 Å². The number of ether oxygens (including phenoxy) is 1. The summed E-state index contributed by atoms with van der Waals surface area (Å²) < 4.78 is 34.5. The van der Waals surface area contributed by atoms with Gasteiger partial charge in [0.15, 0.2) is 11.6 Å². The first kappa shape index (κ1) is 27.6. The van der Waals surface area contributed by atoms with E-state index < -0.39 is 11.6 Å². The minimum Gasteiger partial charge on any atom is -0.490 e. The molecule has 0 aromatic heterocycles. The van der Waals surface area contributed by atoms with E-state index in [4.69, 9.17) is 4.74 Å². The van der Waals surface area contributed by atoms with Crippen LogP contribution in [0.25, 0.3) is 5.57 Å². The van der Waals surface area contributed by atoms with Crippen LogP contribution in [0.1, 0.15) is 94.7 Å². The van der Waals surface area contributed by atoms with Gasteiger partial charge in [0.25, 0.3) is 0 Å². The van der Waals surface area contributed by atoms with Crippen LogP contribution >= 0.6 is 0 Å². The van der Waals surface area contributed by atoms with Crippen molar-refractivity contribution in [1.82, 2.24) is 0 Å². The summed E-state index contributed by atoms with van der Waals surface area (Å²) in [7, 11) is 0. The number of aryl methyl sites for hydroxylation is 2. The molecule has 0 bridgehead atoms. The SMILES string of the molecule is CCCOc1ccc(C2=CCC(C3CCC(C=CCCc4ccc(CCC)cc4)CC3)CC2)c(F)c1F. The zero-order valence-corrected chi connectivity index (χ0v) is 22.8. The summed E-state index contributed by atoms with van der Waals surface area (Å²) in [6.07, 6.45) is 20.4. The zero-order valence-electron chi connectivity index (χ0n) is 22.8. The molecule has 1 nitrogen and oxygen atoms in total. The van der Waals surface area contributed by atoms with Crippen LogP contribution < -0.4 is 4.74 Å². The lowest BCUT2D eigenvalue weighted by Gasteiger charge is -2.35. The van der Waals surface area contributed by atoms with E-state index in [-0.39, 0.29) is 5.75 Å². The third-order valence-electron chi connectivity index (χ3n) is 8.36. The minimum absolute atomic E-state index is 0.0178. The molecule has 0 spiro atoms. The van der Waals surface area contributed by atoms with Crippen LogP contribution in [0.2, 0.25) is 0 Å². The van der Waals surface area contributed by atoms with Crippen molar-refractivity contribution in [2.45, 2.75) is 90.9 Å². The molecular weight excluding hydrogens is 462 g/mol. The van der Waals surface area contributed by atoms with Gasteiger partial charge in [0.2, 0.25) is 5.82 Å². The van der Waals surface area contributed by atoms with E-state index in [0.717, 1.165) is 50.0 Å². The zero-order chi connectivity index (χ0) is 26.0. The molecule has 1 atom stereocenters. The van der Waals surface area contributed by atoms with Gasteiger partial charge in [-0.1, -0.05) is 62.8 Å². The highest BCUT2D eigenvalue weighted by molar-refractivity contribution is 5.67. The van der Waals surface area contributed by atoms with E-state index >= 15 is 0 Å². The van der Waals surface area contributed by atoms with Crippen molar-refractivity contribution in [3.8, 4) is 5.75 Å². The first-order valence-corrected chi connectivity index (χ1v) is 14.6. The molecule has 2 aliphatic rings. The number of allylic oxidation sites excluding steroid dienone is 4. The first-order valence-electron chi connectivity index (χ1n) is 14.6. The lowest BCUT2D eigenvalue weighted by atomic mass is 9.71. The Bertz CT molecular complexity index is 1040. The topological polar surface area (TPSA) is 9.23 Å². The maximum absolute atomic E-state index is 14.7. The van der Waals surface area contributed by atoms with E-state index in [1.807, 2.05) is 6.92 Å². The number of halogens is 2. The molecule has 0 heterocycles. The summed E-state index contributed by atoms with van der Waals surface area (Å²) in [4.78, 5) is 0. The summed E-state index contributed by atoms with van der Waals surface area (Å²) in [5, 5.41) is 0. The highest BCUT2D eigenvalue weighted by atomic mass is 19.2. The molecule has 1 fully saturated rings. The molecule has 2 aliphatic carbocycles. The number of rotatable bonds is 11. The Labute approximate surface area is 223 Å². The van der Waals surface area contributed by atoms with Crippen molar-refractivity contribution >= 4 is 5.57 Å². The highest BCUT2D eigenvalue weighted by Gasteiger charge is 2.29. The maximum atomic E-state index is 14.7. The van der Waals surface area contributed by atoms with Crippen molar-refractivity contribution in [1.29, 1.82) is 0 Å². The Morgan fingerprint density at radius 2 is 1.54 bits per heavy atom. The van der Waals surface area contributed by atoms with Gasteiger partial charge in [0.05, 0.1) is 6.61 Å². The summed E-state index contributed by atoms with van der Waals surface area (Å²) >= 11 is 0. The van der Waals surface area contributed by atoms with Gasteiger partial charge in [-0.25, -0.2) is 4.39 Å². The van der Waals surface area contributed by atoms with Gasteiger partial charge in [0.1, 0.15) is 0 Å². The van der Waals surface area contributed by atoms with Crippen molar-refractivity contribution in [3.63, 3.8) is 0 Å². The summed E-state index contributed by atoms with van der Waals surface area (Å²) in [6.45, 7) is 4.57. The van der Waals surface area contributed by atoms with E-state index in [1.165, 1.54) is 49.7 Å². The Balaban J connectivity index is 1.21. The van der Waals surface area contributed by atoms with Crippen LogP contribution in [-0.4, -0.2) is 6.61 Å². The monoisotopic (exact) mass is 506 g/mol. The molecule has 0 N–H and O–H groups in total. The molecule has 3 heteroatoms. The van der Waals surface area contributed by atoms with Crippen LogP contribution in [0.4, 0.5) is 8.78 Å². The molecular formula is C34H44F2O. The van der Waals surface area contributed by atoms with Gasteiger partial charge in [0, 0.05) is 5.56 Å². The minimum atomic E-state index is -0.856. The van der Waals surface area contributed by atoms with Gasteiger partial charge in [-0.05, 0) is 117 Å². The fourth-order valence-electron chi connectivity index (χ4n) is 6.14. The van der Waals surface area contributed by atoms with Crippen LogP contribution in [0.5, 0.6) is 5.75 Å². The Hall–Kier alpha value is -2.42. The Morgan fingerprint density at radius 3 is 2.19 bits per heavy atom. The fraction of sp³-hybridized carbons (Fsp3) is 0.529. The predicted molar refractivity (Wildman–Crippen MR) is 151 cm³/mol. The van der Waals surface area contributed by atoms with E-state index in [2.05, 4.69) is 49.4 Å². The molecule has 1 saturated carbocycles. The summed E-state index contributed by atoms with van der Waals surface area (Å²) in [5.74, 6) is 0.539. The molecule has 0 amide bonds. The van der Waals surface area contributed by atoms with Gasteiger partial charge < -0.3 is 4.74 Å². The van der Waals surface area contributed by atoms with E-state index in [9.17, 15) is 8.78 Å². The van der Waals surface area contributed by atoms with Crippen molar-refractivity contribution < 1.29 is 13.5 Å². The summed E-state index contributed by atoms with van der Waals surface area (Å²) in [6, 6.07) is 12.4. The molecule has 1 unspecified atom stereocenters. The van der Waals surface area contributed by atoms with Crippen LogP contribution in [0, 0.1) is 29.4 Å². The van der Waals surface area contributed by atoms with Crippen LogP contribution in [0.3, 0.4) is 0 Å². The highest BCUT2D eigenvalue weighted by Crippen LogP contribution is 2.42. The summed E-state index contributed by atoms with van der Waals surface area (Å²) in [5.41, 5.74) is 4.23. The second-order valence-corrected chi connectivity index (χ2v) is 11.1. The fourth-order valence-corrected chi connectivity index (χ4v) is 6.14. The molecule has 0 aliphatic heterocycles. The Kier molecular flexibility index (Phi) is 10.4.